The molecule has 1 aromatic heterocycles. The highest BCUT2D eigenvalue weighted by molar-refractivity contribution is 7.90. The molecule has 0 amide bonds. The van der Waals surface area contributed by atoms with Gasteiger partial charge in [-0.1, -0.05) is 23.7 Å². The van der Waals surface area contributed by atoms with Crippen molar-refractivity contribution < 1.29 is 14.0 Å². The first-order valence-corrected chi connectivity index (χ1v) is 9.69. The van der Waals surface area contributed by atoms with E-state index in [1.54, 1.807) is 19.1 Å². The summed E-state index contributed by atoms with van der Waals surface area (Å²) in [7, 11) is 0. The first-order chi connectivity index (χ1) is 12.1. The summed E-state index contributed by atoms with van der Waals surface area (Å²) in [4.78, 5) is 8.36. The Kier molecular flexibility index (Phi) is 6.63. The van der Waals surface area contributed by atoms with Gasteiger partial charge in [-0.2, -0.15) is 0 Å². The lowest BCUT2D eigenvalue weighted by molar-refractivity contribution is 0.244. The van der Waals surface area contributed by atoms with E-state index in [-0.39, 0.29) is 23.9 Å². The fourth-order valence-corrected chi connectivity index (χ4v) is 3.71. The largest absolute Gasteiger partial charge is 0.598 e. The number of aryl methyl sites for hydroxylation is 1. The van der Waals surface area contributed by atoms with Crippen molar-refractivity contribution in [3.63, 3.8) is 0 Å². The number of hydrogen-bond acceptors (Lipinski definition) is 5. The quantitative estimate of drug-likeness (QED) is 0.728. The van der Waals surface area contributed by atoms with Crippen LogP contribution in [-0.4, -0.2) is 31.0 Å². The molecule has 1 aromatic carbocycles. The van der Waals surface area contributed by atoms with E-state index < -0.39 is 27.5 Å². The lowest BCUT2D eigenvalue weighted by Gasteiger charge is -2.37. The summed E-state index contributed by atoms with van der Waals surface area (Å²) in [6.45, 7) is 6.84. The number of hydrogen-bond donors (Lipinski definition) is 2. The molecule has 0 fully saturated rings. The maximum atomic E-state index is 14.3. The monoisotopic (exact) mass is 399 g/mol. The highest BCUT2D eigenvalue weighted by Gasteiger charge is 2.44. The molecule has 0 saturated carbocycles. The molecule has 0 radical (unpaired) electrons. The van der Waals surface area contributed by atoms with Gasteiger partial charge in [0.25, 0.3) is 0 Å². The third-order valence-electron chi connectivity index (χ3n) is 4.03. The molecule has 8 heteroatoms. The minimum atomic E-state index is -1.54. The molecular formula is C18H23ClFN3O2S. The zero-order chi connectivity index (χ0) is 19.5. The van der Waals surface area contributed by atoms with E-state index in [4.69, 9.17) is 11.6 Å². The fraction of sp³-hybridized carbons (Fsp3) is 0.444. The topological polar surface area (TPSA) is 81.1 Å². The van der Waals surface area contributed by atoms with Gasteiger partial charge in [-0.25, -0.2) is 9.37 Å². The predicted octanol–water partition coefficient (Wildman–Crippen LogP) is 3.26. The van der Waals surface area contributed by atoms with Crippen molar-refractivity contribution >= 4 is 23.0 Å². The molecule has 2 atom stereocenters. The summed E-state index contributed by atoms with van der Waals surface area (Å²) in [5, 5.41) is 9.83. The first kappa shape index (κ1) is 21.1. The Balaban J connectivity index is 2.72. The van der Waals surface area contributed by atoms with Crippen molar-refractivity contribution in [2.24, 2.45) is 0 Å². The number of aromatic nitrogens is 2. The first-order valence-electron chi connectivity index (χ1n) is 8.16. The zero-order valence-corrected chi connectivity index (χ0v) is 16.8. The van der Waals surface area contributed by atoms with Crippen molar-refractivity contribution in [1.29, 1.82) is 0 Å². The van der Waals surface area contributed by atoms with Crippen molar-refractivity contribution in [2.75, 3.05) is 6.61 Å². The molecule has 0 saturated heterocycles. The van der Waals surface area contributed by atoms with Gasteiger partial charge in [0.05, 0.1) is 0 Å². The van der Waals surface area contributed by atoms with Crippen LogP contribution >= 0.6 is 11.6 Å². The minimum absolute atomic E-state index is 0.0930. The molecule has 2 rings (SSSR count). The molecule has 0 aliphatic carbocycles. The number of nitrogens with zero attached hydrogens (tertiary/aromatic N) is 2. The van der Waals surface area contributed by atoms with Crippen LogP contribution < -0.4 is 4.72 Å². The molecule has 5 nitrogen and oxygen atoms in total. The van der Waals surface area contributed by atoms with E-state index >= 15 is 0 Å². The smallest absolute Gasteiger partial charge is 0.152 e. The summed E-state index contributed by atoms with van der Waals surface area (Å²) in [6, 6.07) is 4.69. The molecule has 0 aliphatic heterocycles. The summed E-state index contributed by atoms with van der Waals surface area (Å²) in [5.74, 6) is -0.409. The van der Waals surface area contributed by atoms with Gasteiger partial charge in [0.2, 0.25) is 0 Å². The Hall–Kier alpha value is -1.25. The van der Waals surface area contributed by atoms with E-state index in [9.17, 15) is 14.0 Å². The van der Waals surface area contributed by atoms with Crippen molar-refractivity contribution in [1.82, 2.24) is 14.7 Å². The molecule has 0 aliphatic rings. The molecule has 2 N–H and O–H groups in total. The average Bonchev–Trinajstić information content (AvgIpc) is 2.56. The number of aliphatic hydroxyl groups excluding tert-OH is 1. The maximum absolute atomic E-state index is 14.3. The minimum Gasteiger partial charge on any atom is -0.598 e. The lowest BCUT2D eigenvalue weighted by atomic mass is 9.84. The van der Waals surface area contributed by atoms with Crippen LogP contribution in [0.25, 0.3) is 0 Å². The molecule has 0 spiro atoms. The predicted molar refractivity (Wildman–Crippen MR) is 102 cm³/mol. The van der Waals surface area contributed by atoms with Gasteiger partial charge in [0.15, 0.2) is 5.15 Å². The van der Waals surface area contributed by atoms with Gasteiger partial charge in [-0.15, -0.1) is 4.72 Å². The molecule has 142 valence electrons. The average molecular weight is 400 g/mol. The third kappa shape index (κ3) is 4.35. The molecule has 0 bridgehead atoms. The molecular weight excluding hydrogens is 377 g/mol. The highest BCUT2D eigenvalue weighted by Crippen LogP contribution is 2.37. The summed E-state index contributed by atoms with van der Waals surface area (Å²) < 4.78 is 29.7. The number of nitrogens with one attached hydrogen (secondary N) is 1. The Bertz CT molecular complexity index is 772. The Morgan fingerprint density at radius 3 is 2.46 bits per heavy atom. The second kappa shape index (κ2) is 8.19. The Morgan fingerprint density at radius 2 is 1.92 bits per heavy atom. The SMILES string of the molecule is Cc1ccc([C@](CCO)(N[S+]([O-])C(C)(C)C)c2nccnc2Cl)cc1F. The van der Waals surface area contributed by atoms with Crippen LogP contribution in [0.1, 0.15) is 44.0 Å². The van der Waals surface area contributed by atoms with E-state index in [0.29, 0.717) is 11.1 Å². The van der Waals surface area contributed by atoms with Crippen molar-refractivity contribution in [2.45, 2.75) is 44.4 Å². The van der Waals surface area contributed by atoms with Crippen LogP contribution in [0.2, 0.25) is 5.15 Å². The van der Waals surface area contributed by atoms with Crippen LogP contribution in [0.5, 0.6) is 0 Å². The van der Waals surface area contributed by atoms with E-state index in [1.165, 1.54) is 18.5 Å². The van der Waals surface area contributed by atoms with Gasteiger partial charge in [0.1, 0.15) is 21.8 Å². The number of halogens is 2. The number of rotatable bonds is 6. The lowest BCUT2D eigenvalue weighted by Crippen LogP contribution is -2.53. The second-order valence-electron chi connectivity index (χ2n) is 7.02. The fourth-order valence-electron chi connectivity index (χ4n) is 2.50. The zero-order valence-electron chi connectivity index (χ0n) is 15.2. The Morgan fingerprint density at radius 1 is 1.27 bits per heavy atom. The Labute approximate surface area is 161 Å². The van der Waals surface area contributed by atoms with Gasteiger partial charge in [-0.05, 0) is 44.9 Å². The molecule has 1 heterocycles. The number of aliphatic hydroxyl groups is 1. The van der Waals surface area contributed by atoms with Gasteiger partial charge in [-0.3, -0.25) is 4.98 Å². The second-order valence-corrected chi connectivity index (χ2v) is 9.35. The van der Waals surface area contributed by atoms with Crippen LogP contribution in [0.3, 0.4) is 0 Å². The van der Waals surface area contributed by atoms with Crippen LogP contribution in [0, 0.1) is 12.7 Å². The molecule has 1 unspecified atom stereocenters. The molecule has 2 aromatic rings. The van der Waals surface area contributed by atoms with Crippen molar-refractivity contribution in [3.05, 3.63) is 58.4 Å². The van der Waals surface area contributed by atoms with E-state index in [1.807, 2.05) is 20.8 Å². The van der Waals surface area contributed by atoms with Crippen LogP contribution in [0.4, 0.5) is 4.39 Å². The van der Waals surface area contributed by atoms with Gasteiger partial charge >= 0.3 is 0 Å². The number of benzene rings is 1. The van der Waals surface area contributed by atoms with E-state index in [0.717, 1.165) is 0 Å². The van der Waals surface area contributed by atoms with Gasteiger partial charge in [0, 0.05) is 36.8 Å². The summed E-state index contributed by atoms with van der Waals surface area (Å²) in [6.07, 6.45) is 2.99. The van der Waals surface area contributed by atoms with Crippen LogP contribution in [0.15, 0.2) is 30.6 Å². The normalized spacial score (nSPS) is 15.5. The van der Waals surface area contributed by atoms with Crippen LogP contribution in [-0.2, 0) is 16.9 Å². The summed E-state index contributed by atoms with van der Waals surface area (Å²) in [5.41, 5.74) is -0.0210. The third-order valence-corrected chi connectivity index (χ3v) is 5.96. The highest BCUT2D eigenvalue weighted by atomic mass is 35.5. The maximum Gasteiger partial charge on any atom is 0.152 e. The van der Waals surface area contributed by atoms with E-state index in [2.05, 4.69) is 14.7 Å². The van der Waals surface area contributed by atoms with Gasteiger partial charge < -0.3 is 9.66 Å². The van der Waals surface area contributed by atoms with Crippen molar-refractivity contribution in [3.8, 4) is 0 Å². The summed E-state index contributed by atoms with van der Waals surface area (Å²) >= 11 is 4.74. The standard InChI is InChI=1S/C18H23ClFN3O2S/c1-12-5-6-13(11-14(12)20)18(7-10-24,23-26(25)17(2,3)4)15-16(19)22-9-8-21-15/h5-6,8-9,11,23-24H,7,10H2,1-4H3/t18-,26?/m0/s1. The molecule has 26 heavy (non-hydrogen) atoms.